The summed E-state index contributed by atoms with van der Waals surface area (Å²) in [4.78, 5) is 35.2. The molecule has 0 unspecified atom stereocenters. The highest BCUT2D eigenvalue weighted by Gasteiger charge is 2.30. The van der Waals surface area contributed by atoms with Crippen LogP contribution in [-0.2, 0) is 20.8 Å². The molecule has 0 aromatic heterocycles. The maximum Gasteiger partial charge on any atom is 0.308 e. The van der Waals surface area contributed by atoms with Crippen LogP contribution in [0, 0.1) is 5.92 Å². The molecule has 3 N–H and O–H groups in total. The van der Waals surface area contributed by atoms with Crippen LogP contribution in [0.1, 0.15) is 37.7 Å². The van der Waals surface area contributed by atoms with Crippen molar-refractivity contribution < 1.29 is 19.5 Å². The molecule has 0 bridgehead atoms. The second kappa shape index (κ2) is 9.05. The number of carbonyl (C=O) groups is 3. The van der Waals surface area contributed by atoms with E-state index in [1.165, 1.54) is 0 Å². The van der Waals surface area contributed by atoms with Gasteiger partial charge in [-0.3, -0.25) is 14.4 Å². The Balaban J connectivity index is 1.79. The van der Waals surface area contributed by atoms with E-state index in [9.17, 15) is 19.5 Å². The van der Waals surface area contributed by atoms with Gasteiger partial charge in [0.1, 0.15) is 0 Å². The predicted octanol–water partition coefficient (Wildman–Crippen LogP) is 1.49. The Hall–Kier alpha value is -2.37. The molecule has 1 aliphatic rings. The lowest BCUT2D eigenvalue weighted by atomic mass is 9.95. The van der Waals surface area contributed by atoms with E-state index in [1.54, 1.807) is 0 Å². The second-order valence-electron chi connectivity index (χ2n) is 6.20. The standard InChI is InChI=1S/C18H24N2O4/c21-16(11-13-7-3-1-4-8-13)19-12-17(22)20-15-10-6-2-5-9-14(15)18(23)24/h1,3-4,7-8,14-15H,2,5-6,9-12H2,(H,19,21)(H,20,22)(H,23,24)/t14-,15+/m1/s1. The van der Waals surface area contributed by atoms with Gasteiger partial charge in [0.25, 0.3) is 0 Å². The van der Waals surface area contributed by atoms with Gasteiger partial charge in [0, 0.05) is 6.04 Å². The van der Waals surface area contributed by atoms with Crippen LogP contribution in [0.3, 0.4) is 0 Å². The first-order valence-electron chi connectivity index (χ1n) is 8.39. The van der Waals surface area contributed by atoms with Gasteiger partial charge in [0.05, 0.1) is 18.9 Å². The van der Waals surface area contributed by atoms with Gasteiger partial charge in [-0.2, -0.15) is 0 Å². The third-order valence-corrected chi connectivity index (χ3v) is 4.33. The highest BCUT2D eigenvalue weighted by atomic mass is 16.4. The van der Waals surface area contributed by atoms with E-state index in [-0.39, 0.29) is 30.8 Å². The molecule has 0 aliphatic heterocycles. The number of aliphatic carboxylic acids is 1. The van der Waals surface area contributed by atoms with Crippen molar-refractivity contribution in [1.29, 1.82) is 0 Å². The number of nitrogens with one attached hydrogen (secondary N) is 2. The number of carbonyl (C=O) groups excluding carboxylic acids is 2. The molecule has 2 rings (SSSR count). The molecule has 0 saturated heterocycles. The highest BCUT2D eigenvalue weighted by molar-refractivity contribution is 5.86. The van der Waals surface area contributed by atoms with Gasteiger partial charge in [-0.1, -0.05) is 49.6 Å². The fourth-order valence-electron chi connectivity index (χ4n) is 3.06. The van der Waals surface area contributed by atoms with Crippen molar-refractivity contribution in [1.82, 2.24) is 10.6 Å². The fourth-order valence-corrected chi connectivity index (χ4v) is 3.06. The van der Waals surface area contributed by atoms with Gasteiger partial charge in [-0.05, 0) is 18.4 Å². The quantitative estimate of drug-likeness (QED) is 0.688. The molecule has 2 atom stereocenters. The largest absolute Gasteiger partial charge is 0.481 e. The highest BCUT2D eigenvalue weighted by Crippen LogP contribution is 2.23. The summed E-state index contributed by atoms with van der Waals surface area (Å²) in [6, 6.07) is 8.93. The Labute approximate surface area is 141 Å². The molecule has 0 spiro atoms. The zero-order valence-electron chi connectivity index (χ0n) is 13.7. The molecule has 2 amide bonds. The van der Waals surface area contributed by atoms with E-state index in [4.69, 9.17) is 0 Å². The lowest BCUT2D eigenvalue weighted by Crippen LogP contribution is -2.46. The van der Waals surface area contributed by atoms with Crippen LogP contribution in [0.15, 0.2) is 30.3 Å². The van der Waals surface area contributed by atoms with Crippen LogP contribution in [0.25, 0.3) is 0 Å². The maximum absolute atomic E-state index is 12.0. The Morgan fingerprint density at radius 2 is 1.71 bits per heavy atom. The molecule has 1 aliphatic carbocycles. The third kappa shape index (κ3) is 5.68. The van der Waals surface area contributed by atoms with Crippen molar-refractivity contribution in [2.75, 3.05) is 6.54 Å². The van der Waals surface area contributed by atoms with Crippen LogP contribution >= 0.6 is 0 Å². The molecule has 1 aromatic rings. The van der Waals surface area contributed by atoms with E-state index in [2.05, 4.69) is 10.6 Å². The molecule has 1 saturated carbocycles. The summed E-state index contributed by atoms with van der Waals surface area (Å²) in [7, 11) is 0. The van der Waals surface area contributed by atoms with Crippen molar-refractivity contribution in [3.05, 3.63) is 35.9 Å². The van der Waals surface area contributed by atoms with Crippen LogP contribution < -0.4 is 10.6 Å². The minimum absolute atomic E-state index is 0.130. The van der Waals surface area contributed by atoms with E-state index >= 15 is 0 Å². The lowest BCUT2D eigenvalue weighted by molar-refractivity contribution is -0.143. The van der Waals surface area contributed by atoms with Crippen LogP contribution in [0.2, 0.25) is 0 Å². The van der Waals surface area contributed by atoms with Crippen LogP contribution in [0.4, 0.5) is 0 Å². The minimum atomic E-state index is -0.865. The summed E-state index contributed by atoms with van der Waals surface area (Å²) in [5, 5.41) is 14.7. The predicted molar refractivity (Wildman–Crippen MR) is 89.3 cm³/mol. The average Bonchev–Trinajstić information content (AvgIpc) is 2.79. The Bertz CT molecular complexity index is 574. The molecular formula is C18H24N2O4. The number of carboxylic acid groups (broad SMARTS) is 1. The Morgan fingerprint density at radius 1 is 1.00 bits per heavy atom. The Kier molecular flexibility index (Phi) is 6.78. The number of amides is 2. The van der Waals surface area contributed by atoms with E-state index in [0.717, 1.165) is 24.8 Å². The van der Waals surface area contributed by atoms with Crippen LogP contribution in [-0.4, -0.2) is 35.5 Å². The first-order valence-corrected chi connectivity index (χ1v) is 8.39. The molecule has 0 radical (unpaired) electrons. The average molecular weight is 332 g/mol. The number of benzene rings is 1. The van der Waals surface area contributed by atoms with Crippen molar-refractivity contribution in [2.45, 2.75) is 44.6 Å². The summed E-state index contributed by atoms with van der Waals surface area (Å²) < 4.78 is 0. The SMILES string of the molecule is O=C(Cc1ccccc1)NCC(=O)N[C@H]1CCCCC[C@H]1C(=O)O. The third-order valence-electron chi connectivity index (χ3n) is 4.33. The molecule has 6 nitrogen and oxygen atoms in total. The van der Waals surface area contributed by atoms with Crippen molar-refractivity contribution in [3.63, 3.8) is 0 Å². The number of carboxylic acids is 1. The van der Waals surface area contributed by atoms with Gasteiger partial charge < -0.3 is 15.7 Å². The number of rotatable bonds is 6. The molecule has 6 heteroatoms. The smallest absolute Gasteiger partial charge is 0.308 e. The van der Waals surface area contributed by atoms with E-state index in [1.807, 2.05) is 30.3 Å². The summed E-state index contributed by atoms with van der Waals surface area (Å²) in [5.41, 5.74) is 0.880. The Morgan fingerprint density at radius 3 is 2.42 bits per heavy atom. The zero-order valence-corrected chi connectivity index (χ0v) is 13.7. The molecule has 0 heterocycles. The van der Waals surface area contributed by atoms with Gasteiger partial charge in [0.15, 0.2) is 0 Å². The summed E-state index contributed by atoms with van der Waals surface area (Å²) in [6.07, 6.45) is 4.24. The first kappa shape index (κ1) is 18.0. The first-order chi connectivity index (χ1) is 11.6. The van der Waals surface area contributed by atoms with E-state index < -0.39 is 11.9 Å². The van der Waals surface area contributed by atoms with Gasteiger partial charge >= 0.3 is 5.97 Å². The molecule has 24 heavy (non-hydrogen) atoms. The summed E-state index contributed by atoms with van der Waals surface area (Å²) in [6.45, 7) is -0.130. The molecular weight excluding hydrogens is 308 g/mol. The number of hydrogen-bond acceptors (Lipinski definition) is 3. The molecule has 130 valence electrons. The van der Waals surface area contributed by atoms with Gasteiger partial charge in [-0.25, -0.2) is 0 Å². The van der Waals surface area contributed by atoms with E-state index in [0.29, 0.717) is 12.8 Å². The molecule has 1 fully saturated rings. The van der Waals surface area contributed by atoms with Crippen molar-refractivity contribution in [3.8, 4) is 0 Å². The maximum atomic E-state index is 12.0. The normalized spacial score (nSPS) is 20.7. The topological polar surface area (TPSA) is 95.5 Å². The summed E-state index contributed by atoms with van der Waals surface area (Å²) >= 11 is 0. The molecule has 1 aromatic carbocycles. The van der Waals surface area contributed by atoms with Crippen molar-refractivity contribution in [2.24, 2.45) is 5.92 Å². The van der Waals surface area contributed by atoms with Gasteiger partial charge in [-0.15, -0.1) is 0 Å². The monoisotopic (exact) mass is 332 g/mol. The lowest BCUT2D eigenvalue weighted by Gasteiger charge is -2.23. The summed E-state index contributed by atoms with van der Waals surface area (Å²) in [5.74, 6) is -1.98. The fraction of sp³-hybridized carbons (Fsp3) is 0.500. The second-order valence-corrected chi connectivity index (χ2v) is 6.20. The van der Waals surface area contributed by atoms with Crippen LogP contribution in [0.5, 0.6) is 0 Å². The van der Waals surface area contributed by atoms with Gasteiger partial charge in [0.2, 0.25) is 11.8 Å². The number of hydrogen-bond donors (Lipinski definition) is 3. The van der Waals surface area contributed by atoms with Crippen molar-refractivity contribution >= 4 is 17.8 Å². The zero-order chi connectivity index (χ0) is 17.4. The minimum Gasteiger partial charge on any atom is -0.481 e.